The van der Waals surface area contributed by atoms with E-state index in [1.54, 1.807) is 17.0 Å². The second-order valence-electron chi connectivity index (χ2n) is 7.83. The van der Waals surface area contributed by atoms with Crippen LogP contribution >= 0.6 is 0 Å². The third kappa shape index (κ3) is 4.62. The normalized spacial score (nSPS) is 20.6. The highest BCUT2D eigenvalue weighted by molar-refractivity contribution is 5.78. The van der Waals surface area contributed by atoms with Crippen LogP contribution in [0.5, 0.6) is 0 Å². The van der Waals surface area contributed by atoms with E-state index >= 15 is 0 Å². The lowest BCUT2D eigenvalue weighted by Gasteiger charge is -2.48. The van der Waals surface area contributed by atoms with Crippen LogP contribution in [0.2, 0.25) is 0 Å². The Bertz CT molecular complexity index is 880. The van der Waals surface area contributed by atoms with Crippen molar-refractivity contribution >= 4 is 12.0 Å². The lowest BCUT2D eigenvalue weighted by atomic mass is 9.80. The van der Waals surface area contributed by atoms with Gasteiger partial charge in [0.1, 0.15) is 19.0 Å². The number of carbonyl (C=O) groups excluding carboxylic acids is 2. The summed E-state index contributed by atoms with van der Waals surface area (Å²) in [5, 5.41) is 3.04. The van der Waals surface area contributed by atoms with E-state index in [1.807, 2.05) is 30.3 Å². The molecule has 1 unspecified atom stereocenters. The Morgan fingerprint density at radius 1 is 1.10 bits per heavy atom. The number of amides is 2. The molecule has 2 aromatic rings. The number of benzene rings is 2. The molecule has 30 heavy (non-hydrogen) atoms. The molecule has 0 bridgehead atoms. The van der Waals surface area contributed by atoms with E-state index in [0.717, 1.165) is 11.1 Å². The molecule has 2 aliphatic heterocycles. The predicted octanol–water partition coefficient (Wildman–Crippen LogP) is 3.05. The molecular weight excluding hydrogens is 387 g/mol. The highest BCUT2D eigenvalue weighted by atomic mass is 19.1. The van der Waals surface area contributed by atoms with Crippen LogP contribution in [0, 0.1) is 5.82 Å². The predicted molar refractivity (Wildman–Crippen MR) is 108 cm³/mol. The van der Waals surface area contributed by atoms with Crippen molar-refractivity contribution in [2.45, 2.75) is 37.5 Å². The van der Waals surface area contributed by atoms with Crippen molar-refractivity contribution in [1.82, 2.24) is 10.2 Å². The maximum absolute atomic E-state index is 13.2. The highest BCUT2D eigenvalue weighted by Crippen LogP contribution is 2.34. The molecule has 1 N–H and O–H groups in total. The second-order valence-corrected chi connectivity index (χ2v) is 7.83. The van der Waals surface area contributed by atoms with Crippen molar-refractivity contribution in [2.24, 2.45) is 0 Å². The van der Waals surface area contributed by atoms with Crippen LogP contribution in [-0.4, -0.2) is 48.2 Å². The summed E-state index contributed by atoms with van der Waals surface area (Å²) in [4.78, 5) is 26.1. The number of morpholine rings is 1. The molecule has 4 rings (SSSR count). The molecule has 2 fully saturated rings. The summed E-state index contributed by atoms with van der Waals surface area (Å²) in [7, 11) is 0. The van der Waals surface area contributed by atoms with Crippen LogP contribution in [0.3, 0.4) is 0 Å². The van der Waals surface area contributed by atoms with Crippen molar-refractivity contribution < 1.29 is 23.5 Å². The summed E-state index contributed by atoms with van der Waals surface area (Å²) < 4.78 is 24.7. The number of hydrogen-bond acceptors (Lipinski definition) is 4. The number of rotatable bonds is 4. The van der Waals surface area contributed by atoms with Crippen LogP contribution in [0.1, 0.15) is 24.0 Å². The van der Waals surface area contributed by atoms with Crippen molar-refractivity contribution in [2.75, 3.05) is 19.7 Å². The summed E-state index contributed by atoms with van der Waals surface area (Å²) in [6, 6.07) is 15.6. The summed E-state index contributed by atoms with van der Waals surface area (Å²) in [6.45, 7) is 1.23. The fourth-order valence-corrected chi connectivity index (χ4v) is 4.14. The van der Waals surface area contributed by atoms with Gasteiger partial charge in [-0.05, 0) is 42.5 Å². The molecule has 158 valence electrons. The van der Waals surface area contributed by atoms with Gasteiger partial charge < -0.3 is 19.7 Å². The van der Waals surface area contributed by atoms with Gasteiger partial charge >= 0.3 is 6.09 Å². The van der Waals surface area contributed by atoms with E-state index in [-0.39, 0.29) is 37.1 Å². The van der Waals surface area contributed by atoms with Crippen molar-refractivity contribution in [1.29, 1.82) is 0 Å². The fraction of sp³-hybridized carbons (Fsp3) is 0.391. The van der Waals surface area contributed by atoms with Gasteiger partial charge in [0.15, 0.2) is 0 Å². The van der Waals surface area contributed by atoms with Gasteiger partial charge in [0, 0.05) is 13.1 Å². The summed E-state index contributed by atoms with van der Waals surface area (Å²) in [5.74, 6) is -0.447. The first-order valence-electron chi connectivity index (χ1n) is 10.2. The highest BCUT2D eigenvalue weighted by Gasteiger charge is 2.47. The third-order valence-electron chi connectivity index (χ3n) is 5.89. The van der Waals surface area contributed by atoms with Crippen molar-refractivity contribution in [3.05, 3.63) is 71.5 Å². The third-order valence-corrected chi connectivity index (χ3v) is 5.89. The van der Waals surface area contributed by atoms with Gasteiger partial charge in [0.25, 0.3) is 0 Å². The molecule has 0 aromatic heterocycles. The smallest absolute Gasteiger partial charge is 0.410 e. The lowest BCUT2D eigenvalue weighted by Crippen LogP contribution is -2.64. The monoisotopic (exact) mass is 412 g/mol. The first-order chi connectivity index (χ1) is 14.5. The maximum Gasteiger partial charge on any atom is 0.410 e. The maximum atomic E-state index is 13.2. The van der Waals surface area contributed by atoms with E-state index < -0.39 is 5.60 Å². The molecule has 2 aromatic carbocycles. The van der Waals surface area contributed by atoms with Crippen molar-refractivity contribution in [3.63, 3.8) is 0 Å². The molecule has 2 saturated heterocycles. The minimum atomic E-state index is -0.543. The molecule has 2 aliphatic rings. The van der Waals surface area contributed by atoms with E-state index in [4.69, 9.17) is 9.47 Å². The van der Waals surface area contributed by atoms with Gasteiger partial charge in [-0.2, -0.15) is 0 Å². The molecule has 0 saturated carbocycles. The first kappa shape index (κ1) is 20.3. The van der Waals surface area contributed by atoms with Crippen LogP contribution in [0.15, 0.2) is 54.6 Å². The largest absolute Gasteiger partial charge is 0.445 e. The fourth-order valence-electron chi connectivity index (χ4n) is 4.14. The van der Waals surface area contributed by atoms with Crippen LogP contribution in [-0.2, 0) is 27.3 Å². The zero-order chi connectivity index (χ0) is 21.0. The number of hydrogen-bond donors (Lipinski definition) is 1. The molecule has 7 heteroatoms. The van der Waals surface area contributed by atoms with E-state index in [1.165, 1.54) is 12.1 Å². The topological polar surface area (TPSA) is 67.9 Å². The van der Waals surface area contributed by atoms with Crippen LogP contribution in [0.4, 0.5) is 9.18 Å². The van der Waals surface area contributed by atoms with Crippen LogP contribution < -0.4 is 5.32 Å². The Morgan fingerprint density at radius 3 is 2.50 bits per heavy atom. The zero-order valence-electron chi connectivity index (χ0n) is 16.7. The molecular formula is C23H25FN2O4. The number of carbonyl (C=O) groups is 2. The van der Waals surface area contributed by atoms with Gasteiger partial charge in [-0.25, -0.2) is 9.18 Å². The Hall–Kier alpha value is -2.93. The van der Waals surface area contributed by atoms with Gasteiger partial charge in [0.2, 0.25) is 5.91 Å². The van der Waals surface area contributed by atoms with Gasteiger partial charge in [0.05, 0.1) is 11.6 Å². The van der Waals surface area contributed by atoms with E-state index in [9.17, 15) is 14.0 Å². The molecule has 0 radical (unpaired) electrons. The van der Waals surface area contributed by atoms with Crippen molar-refractivity contribution in [3.8, 4) is 0 Å². The quantitative estimate of drug-likeness (QED) is 0.838. The molecule has 2 amide bonds. The number of ether oxygens (including phenoxy) is 2. The van der Waals surface area contributed by atoms with Crippen LogP contribution in [0.25, 0.3) is 0 Å². The molecule has 1 spiro atoms. The average Bonchev–Trinajstić information content (AvgIpc) is 2.77. The Morgan fingerprint density at radius 2 is 1.80 bits per heavy atom. The SMILES string of the molecule is O=C1COC2(CCN(C(=O)OCc3ccccc3)CC2)C(Cc2ccc(F)cc2)N1. The average molecular weight is 412 g/mol. The standard InChI is InChI=1S/C23H25FN2O4/c24-19-8-6-17(7-9-19)14-20-23(30-16-21(27)25-20)10-12-26(13-11-23)22(28)29-15-18-4-2-1-3-5-18/h1-9,20H,10-16H2,(H,25,27). The number of nitrogens with zero attached hydrogens (tertiary/aromatic N) is 1. The number of nitrogens with one attached hydrogen (secondary N) is 1. The van der Waals surface area contributed by atoms with E-state index in [0.29, 0.717) is 32.4 Å². The Balaban J connectivity index is 1.37. The molecule has 1 atom stereocenters. The number of likely N-dealkylation sites (tertiary alicyclic amines) is 1. The lowest BCUT2D eigenvalue weighted by molar-refractivity contribution is -0.160. The summed E-state index contributed by atoms with van der Waals surface area (Å²) in [5.41, 5.74) is 1.33. The molecule has 2 heterocycles. The number of halogens is 1. The van der Waals surface area contributed by atoms with Gasteiger partial charge in [-0.3, -0.25) is 4.79 Å². The van der Waals surface area contributed by atoms with E-state index in [2.05, 4.69) is 5.32 Å². The first-order valence-corrected chi connectivity index (χ1v) is 10.2. The Kier molecular flexibility index (Phi) is 5.99. The molecule has 0 aliphatic carbocycles. The minimum absolute atomic E-state index is 0.0123. The second kappa shape index (κ2) is 8.83. The zero-order valence-corrected chi connectivity index (χ0v) is 16.7. The summed E-state index contributed by atoms with van der Waals surface area (Å²) >= 11 is 0. The minimum Gasteiger partial charge on any atom is -0.445 e. The number of piperidine rings is 1. The Labute approximate surface area is 175 Å². The van der Waals surface area contributed by atoms with Gasteiger partial charge in [-0.1, -0.05) is 42.5 Å². The molecule has 6 nitrogen and oxygen atoms in total. The van der Waals surface area contributed by atoms with Gasteiger partial charge in [-0.15, -0.1) is 0 Å². The summed E-state index contributed by atoms with van der Waals surface area (Å²) in [6.07, 6.45) is 1.40.